The number of benzene rings is 1. The van der Waals surface area contributed by atoms with Crippen LogP contribution in [0, 0.1) is 6.92 Å². The first-order valence-electron chi connectivity index (χ1n) is 6.57. The molecule has 2 rings (SSSR count). The molecule has 0 bridgehead atoms. The Morgan fingerprint density at radius 3 is 2.56 bits per heavy atom. The summed E-state index contributed by atoms with van der Waals surface area (Å²) in [4.78, 5) is 1.43. The van der Waals surface area contributed by atoms with Gasteiger partial charge in [0.15, 0.2) is 0 Å². The Kier molecular flexibility index (Phi) is 4.56. The van der Waals surface area contributed by atoms with E-state index in [1.807, 2.05) is 11.3 Å². The van der Waals surface area contributed by atoms with Crippen molar-refractivity contribution < 1.29 is 0 Å². The molecule has 1 aromatic carbocycles. The number of rotatable bonds is 5. The second-order valence-corrected chi connectivity index (χ2v) is 5.70. The molecule has 2 heteroatoms. The molecule has 18 heavy (non-hydrogen) atoms. The summed E-state index contributed by atoms with van der Waals surface area (Å²) in [5, 5.41) is 5.89. The molecule has 1 aromatic heterocycles. The molecule has 0 amide bonds. The molecular weight excluding hydrogens is 238 g/mol. The third-order valence-electron chi connectivity index (χ3n) is 3.40. The van der Waals surface area contributed by atoms with Gasteiger partial charge in [0.1, 0.15) is 0 Å². The van der Waals surface area contributed by atoms with Crippen molar-refractivity contribution in [2.45, 2.75) is 39.3 Å². The zero-order valence-corrected chi connectivity index (χ0v) is 12.1. The molecule has 2 aromatic rings. The van der Waals surface area contributed by atoms with Gasteiger partial charge in [0, 0.05) is 17.0 Å². The Balaban J connectivity index is 2.11. The predicted octanol–water partition coefficient (Wildman–Crippen LogP) is 4.86. The molecule has 0 aliphatic rings. The predicted molar refractivity (Wildman–Crippen MR) is 80.1 cm³/mol. The maximum absolute atomic E-state index is 3.74. The Morgan fingerprint density at radius 2 is 1.94 bits per heavy atom. The molecule has 1 unspecified atom stereocenters. The Labute approximate surface area is 114 Å². The van der Waals surface area contributed by atoms with Crippen molar-refractivity contribution in [3.63, 3.8) is 0 Å². The smallest absolute Gasteiger partial charge is 0.0416 e. The highest BCUT2D eigenvalue weighted by atomic mass is 32.1. The molecular formula is C16H21NS. The highest BCUT2D eigenvalue weighted by molar-refractivity contribution is 7.10. The number of hydrogen-bond donors (Lipinski definition) is 1. The molecule has 0 aliphatic heterocycles. The van der Waals surface area contributed by atoms with Gasteiger partial charge >= 0.3 is 0 Å². The van der Waals surface area contributed by atoms with Crippen molar-refractivity contribution in [3.8, 4) is 0 Å². The van der Waals surface area contributed by atoms with Crippen molar-refractivity contribution in [1.29, 1.82) is 0 Å². The van der Waals surface area contributed by atoms with E-state index in [0.29, 0.717) is 12.1 Å². The van der Waals surface area contributed by atoms with E-state index in [2.05, 4.69) is 67.9 Å². The van der Waals surface area contributed by atoms with Gasteiger partial charge in [-0.05, 0) is 42.8 Å². The van der Waals surface area contributed by atoms with Gasteiger partial charge in [-0.3, -0.25) is 0 Å². The van der Waals surface area contributed by atoms with Crippen molar-refractivity contribution in [2.75, 3.05) is 0 Å². The lowest BCUT2D eigenvalue weighted by Crippen LogP contribution is -2.24. The molecule has 0 saturated heterocycles. The van der Waals surface area contributed by atoms with E-state index < -0.39 is 0 Å². The zero-order valence-electron chi connectivity index (χ0n) is 11.3. The normalized spacial score (nSPS) is 14.4. The summed E-state index contributed by atoms with van der Waals surface area (Å²) in [6.07, 6.45) is 1.12. The Bertz CT molecular complexity index is 476. The van der Waals surface area contributed by atoms with Crippen LogP contribution in [0.2, 0.25) is 0 Å². The fraction of sp³-hybridized carbons (Fsp3) is 0.375. The Hall–Kier alpha value is -1.12. The van der Waals surface area contributed by atoms with Crippen LogP contribution in [0.25, 0.3) is 0 Å². The number of hydrogen-bond acceptors (Lipinski definition) is 2. The molecule has 2 atom stereocenters. The summed E-state index contributed by atoms with van der Waals surface area (Å²) < 4.78 is 0. The third-order valence-corrected chi connectivity index (χ3v) is 4.39. The fourth-order valence-electron chi connectivity index (χ4n) is 2.35. The molecule has 0 spiro atoms. The zero-order chi connectivity index (χ0) is 13.0. The molecule has 1 nitrogen and oxygen atoms in total. The van der Waals surface area contributed by atoms with Gasteiger partial charge in [-0.25, -0.2) is 0 Å². The summed E-state index contributed by atoms with van der Waals surface area (Å²) in [6, 6.07) is 13.8. The van der Waals surface area contributed by atoms with Crippen molar-refractivity contribution in [1.82, 2.24) is 5.32 Å². The van der Waals surface area contributed by atoms with Crippen LogP contribution < -0.4 is 5.32 Å². The minimum absolute atomic E-state index is 0.387. The lowest BCUT2D eigenvalue weighted by atomic mass is 10.0. The van der Waals surface area contributed by atoms with Crippen LogP contribution in [0.4, 0.5) is 0 Å². The molecule has 1 heterocycles. The van der Waals surface area contributed by atoms with Gasteiger partial charge in [-0.1, -0.05) is 37.3 Å². The minimum atomic E-state index is 0.387. The van der Waals surface area contributed by atoms with Crippen LogP contribution in [0.5, 0.6) is 0 Å². The lowest BCUT2D eigenvalue weighted by Gasteiger charge is -2.23. The van der Waals surface area contributed by atoms with Crippen LogP contribution in [-0.2, 0) is 0 Å². The first kappa shape index (κ1) is 13.3. The summed E-state index contributed by atoms with van der Waals surface area (Å²) in [5.41, 5.74) is 2.76. The summed E-state index contributed by atoms with van der Waals surface area (Å²) in [7, 11) is 0. The Morgan fingerprint density at radius 1 is 1.17 bits per heavy atom. The van der Waals surface area contributed by atoms with E-state index in [4.69, 9.17) is 0 Å². The number of aryl methyl sites for hydroxylation is 1. The quantitative estimate of drug-likeness (QED) is 0.808. The van der Waals surface area contributed by atoms with E-state index in [0.717, 1.165) is 6.42 Å². The number of nitrogens with one attached hydrogen (secondary N) is 1. The maximum atomic E-state index is 3.74. The van der Waals surface area contributed by atoms with E-state index in [-0.39, 0.29) is 0 Å². The third kappa shape index (κ3) is 3.01. The van der Waals surface area contributed by atoms with E-state index in [1.54, 1.807) is 0 Å². The number of thiophene rings is 1. The van der Waals surface area contributed by atoms with Crippen molar-refractivity contribution in [2.24, 2.45) is 0 Å². The molecule has 0 radical (unpaired) electrons. The largest absolute Gasteiger partial charge is 0.303 e. The van der Waals surface area contributed by atoms with Crippen LogP contribution in [0.15, 0.2) is 41.8 Å². The standard InChI is InChI=1S/C16H21NS/c1-4-15(16-10-7-11-18-16)17-13(3)14-9-6-5-8-12(14)2/h5-11,13,15,17H,4H2,1-3H3/t13-,15?/m0/s1. The lowest BCUT2D eigenvalue weighted by molar-refractivity contribution is 0.461. The molecule has 1 N–H and O–H groups in total. The van der Waals surface area contributed by atoms with Crippen LogP contribution >= 0.6 is 11.3 Å². The second-order valence-electron chi connectivity index (χ2n) is 4.72. The second kappa shape index (κ2) is 6.17. The van der Waals surface area contributed by atoms with Crippen LogP contribution in [0.1, 0.15) is 48.4 Å². The maximum Gasteiger partial charge on any atom is 0.0416 e. The summed E-state index contributed by atoms with van der Waals surface area (Å²) in [5.74, 6) is 0. The van der Waals surface area contributed by atoms with Crippen LogP contribution in [-0.4, -0.2) is 0 Å². The molecule has 96 valence electrons. The van der Waals surface area contributed by atoms with Gasteiger partial charge in [-0.2, -0.15) is 0 Å². The van der Waals surface area contributed by atoms with E-state index >= 15 is 0 Å². The summed E-state index contributed by atoms with van der Waals surface area (Å²) in [6.45, 7) is 6.67. The summed E-state index contributed by atoms with van der Waals surface area (Å²) >= 11 is 1.83. The van der Waals surface area contributed by atoms with Gasteiger partial charge in [0.25, 0.3) is 0 Å². The highest BCUT2D eigenvalue weighted by Crippen LogP contribution is 2.26. The van der Waals surface area contributed by atoms with E-state index in [1.165, 1.54) is 16.0 Å². The van der Waals surface area contributed by atoms with Crippen LogP contribution in [0.3, 0.4) is 0 Å². The SMILES string of the molecule is CCC(N[C@@H](C)c1ccccc1C)c1cccs1. The molecule has 0 aliphatic carbocycles. The van der Waals surface area contributed by atoms with E-state index in [9.17, 15) is 0 Å². The molecule has 0 fully saturated rings. The minimum Gasteiger partial charge on any atom is -0.303 e. The topological polar surface area (TPSA) is 12.0 Å². The average molecular weight is 259 g/mol. The van der Waals surface area contributed by atoms with Gasteiger partial charge < -0.3 is 5.32 Å². The molecule has 0 saturated carbocycles. The van der Waals surface area contributed by atoms with Gasteiger partial charge in [0.05, 0.1) is 0 Å². The average Bonchev–Trinajstić information content (AvgIpc) is 2.90. The monoisotopic (exact) mass is 259 g/mol. The highest BCUT2D eigenvalue weighted by Gasteiger charge is 2.15. The first-order valence-corrected chi connectivity index (χ1v) is 7.45. The van der Waals surface area contributed by atoms with Crippen molar-refractivity contribution >= 4 is 11.3 Å². The van der Waals surface area contributed by atoms with Crippen molar-refractivity contribution in [3.05, 3.63) is 57.8 Å². The van der Waals surface area contributed by atoms with Gasteiger partial charge in [-0.15, -0.1) is 11.3 Å². The fourth-order valence-corrected chi connectivity index (χ4v) is 3.23. The van der Waals surface area contributed by atoms with Gasteiger partial charge in [0.2, 0.25) is 0 Å². The first-order chi connectivity index (χ1) is 8.72.